The SMILES string of the molecule is CN(CCCCO)C(=O)C(F)(F)C(F)(F)C(F)(F)C(F)(F)C(F)(F)F. The van der Waals surface area contributed by atoms with Crippen LogP contribution in [0.5, 0.6) is 0 Å². The average Bonchev–Trinajstić information content (AvgIpc) is 2.44. The van der Waals surface area contributed by atoms with E-state index in [2.05, 4.69) is 0 Å². The third-order valence-corrected chi connectivity index (χ3v) is 3.06. The molecule has 0 bridgehead atoms. The summed E-state index contributed by atoms with van der Waals surface area (Å²) < 4.78 is 140. The van der Waals surface area contributed by atoms with Crippen LogP contribution in [0.15, 0.2) is 0 Å². The lowest BCUT2D eigenvalue weighted by atomic mass is 9.97. The van der Waals surface area contributed by atoms with E-state index in [1.807, 2.05) is 0 Å². The van der Waals surface area contributed by atoms with E-state index in [0.717, 1.165) is 0 Å². The second-order valence-corrected chi connectivity index (χ2v) is 4.95. The van der Waals surface area contributed by atoms with Crippen LogP contribution in [0.2, 0.25) is 0 Å². The Morgan fingerprint density at radius 3 is 1.60 bits per heavy atom. The Bertz CT molecular complexity index is 475. The molecule has 150 valence electrons. The highest BCUT2D eigenvalue weighted by Gasteiger charge is 2.88. The third kappa shape index (κ3) is 3.92. The molecular weight excluding hydrogens is 387 g/mol. The van der Waals surface area contributed by atoms with Gasteiger partial charge in [-0.3, -0.25) is 4.79 Å². The number of hydrogen-bond acceptors (Lipinski definition) is 2. The first-order valence-electron chi connectivity index (χ1n) is 6.34. The average molecular weight is 399 g/mol. The first kappa shape index (κ1) is 23.7. The molecule has 25 heavy (non-hydrogen) atoms. The summed E-state index contributed by atoms with van der Waals surface area (Å²) in [6, 6.07) is 0. The molecule has 14 heteroatoms. The zero-order valence-corrected chi connectivity index (χ0v) is 12.3. The van der Waals surface area contributed by atoms with E-state index in [4.69, 9.17) is 5.11 Å². The van der Waals surface area contributed by atoms with Gasteiger partial charge in [0.05, 0.1) is 0 Å². The van der Waals surface area contributed by atoms with Crippen LogP contribution < -0.4 is 0 Å². The van der Waals surface area contributed by atoms with Gasteiger partial charge in [0.15, 0.2) is 0 Å². The van der Waals surface area contributed by atoms with E-state index >= 15 is 0 Å². The lowest BCUT2D eigenvalue weighted by Crippen LogP contribution is -2.69. The van der Waals surface area contributed by atoms with Crippen molar-refractivity contribution < 1.29 is 58.2 Å². The van der Waals surface area contributed by atoms with Crippen molar-refractivity contribution in [3.05, 3.63) is 0 Å². The lowest BCUT2D eigenvalue weighted by Gasteiger charge is -2.37. The number of carbonyl (C=O) groups is 1. The van der Waals surface area contributed by atoms with Crippen LogP contribution in [-0.2, 0) is 4.79 Å². The molecule has 0 aromatic rings. The van der Waals surface area contributed by atoms with Crippen molar-refractivity contribution >= 4 is 5.91 Å². The smallest absolute Gasteiger partial charge is 0.396 e. The van der Waals surface area contributed by atoms with Crippen molar-refractivity contribution in [1.82, 2.24) is 4.90 Å². The van der Waals surface area contributed by atoms with Gasteiger partial charge in [-0.25, -0.2) is 0 Å². The van der Waals surface area contributed by atoms with Gasteiger partial charge >= 0.3 is 29.9 Å². The van der Waals surface area contributed by atoms with Crippen LogP contribution in [0.25, 0.3) is 0 Å². The van der Waals surface area contributed by atoms with Gasteiger partial charge in [-0.2, -0.15) is 48.3 Å². The molecule has 0 fully saturated rings. The molecule has 0 heterocycles. The van der Waals surface area contributed by atoms with Crippen molar-refractivity contribution in [2.45, 2.75) is 42.7 Å². The lowest BCUT2D eigenvalue weighted by molar-refractivity contribution is -0.417. The van der Waals surface area contributed by atoms with Gasteiger partial charge in [0.1, 0.15) is 0 Å². The Kier molecular flexibility index (Phi) is 6.73. The van der Waals surface area contributed by atoms with Crippen LogP contribution in [0.3, 0.4) is 0 Å². The number of nitrogens with zero attached hydrogens (tertiary/aromatic N) is 1. The quantitative estimate of drug-likeness (QED) is 0.503. The highest BCUT2D eigenvalue weighted by Crippen LogP contribution is 2.57. The number of rotatable bonds is 8. The summed E-state index contributed by atoms with van der Waals surface area (Å²) in [6.07, 6.45) is -7.64. The molecule has 0 saturated carbocycles. The maximum Gasteiger partial charge on any atom is 0.460 e. The molecule has 0 rings (SSSR count). The van der Waals surface area contributed by atoms with Gasteiger partial charge in [0.25, 0.3) is 5.91 Å². The van der Waals surface area contributed by atoms with Gasteiger partial charge in [-0.1, -0.05) is 0 Å². The van der Waals surface area contributed by atoms with Crippen molar-refractivity contribution in [3.63, 3.8) is 0 Å². The van der Waals surface area contributed by atoms with Crippen LogP contribution in [-0.4, -0.2) is 66.0 Å². The van der Waals surface area contributed by atoms with Gasteiger partial charge in [-0.05, 0) is 12.8 Å². The molecule has 0 spiro atoms. The molecule has 0 aromatic heterocycles. The molecular formula is C11H12F11NO2. The summed E-state index contributed by atoms with van der Waals surface area (Å²) in [5, 5.41) is 8.42. The zero-order valence-electron chi connectivity index (χ0n) is 12.3. The van der Waals surface area contributed by atoms with E-state index in [0.29, 0.717) is 7.05 Å². The molecule has 1 N–H and O–H groups in total. The number of unbranched alkanes of at least 4 members (excludes halogenated alkanes) is 1. The van der Waals surface area contributed by atoms with Gasteiger partial charge in [0.2, 0.25) is 0 Å². The number of alkyl halides is 11. The highest BCUT2D eigenvalue weighted by atomic mass is 19.4. The van der Waals surface area contributed by atoms with Crippen LogP contribution >= 0.6 is 0 Å². The Labute approximate surface area is 133 Å². The Morgan fingerprint density at radius 2 is 1.24 bits per heavy atom. The summed E-state index contributed by atoms with van der Waals surface area (Å²) in [7, 11) is 0.420. The van der Waals surface area contributed by atoms with Crippen molar-refractivity contribution in [1.29, 1.82) is 0 Å². The van der Waals surface area contributed by atoms with E-state index in [1.165, 1.54) is 0 Å². The molecule has 0 radical (unpaired) electrons. The largest absolute Gasteiger partial charge is 0.460 e. The van der Waals surface area contributed by atoms with Crippen molar-refractivity contribution in [2.75, 3.05) is 20.2 Å². The predicted octanol–water partition coefficient (Wildman–Crippen LogP) is 3.32. The zero-order chi connectivity index (χ0) is 20.5. The van der Waals surface area contributed by atoms with Gasteiger partial charge in [-0.15, -0.1) is 0 Å². The first-order chi connectivity index (χ1) is 10.9. The summed E-state index contributed by atoms with van der Waals surface area (Å²) in [6.45, 7) is -1.27. The topological polar surface area (TPSA) is 40.5 Å². The van der Waals surface area contributed by atoms with Crippen LogP contribution in [0, 0.1) is 0 Å². The minimum Gasteiger partial charge on any atom is -0.396 e. The molecule has 0 aliphatic rings. The third-order valence-electron chi connectivity index (χ3n) is 3.06. The minimum absolute atomic E-state index is 0.109. The minimum atomic E-state index is -7.61. The van der Waals surface area contributed by atoms with Crippen LogP contribution in [0.1, 0.15) is 12.8 Å². The molecule has 0 aromatic carbocycles. The number of amides is 1. The molecule has 3 nitrogen and oxygen atoms in total. The second kappa shape index (κ2) is 7.11. The number of carbonyl (C=O) groups excluding carboxylic acids is 1. The normalized spacial score (nSPS) is 14.6. The monoisotopic (exact) mass is 399 g/mol. The van der Waals surface area contributed by atoms with E-state index < -0.39 is 48.9 Å². The Morgan fingerprint density at radius 1 is 0.800 bits per heavy atom. The van der Waals surface area contributed by atoms with Crippen molar-refractivity contribution in [2.24, 2.45) is 0 Å². The molecule has 1 amide bonds. The maximum absolute atomic E-state index is 13.4. The summed E-state index contributed by atoms with van der Waals surface area (Å²) in [5.74, 6) is -32.1. The number of hydrogen-bond donors (Lipinski definition) is 1. The standard InChI is InChI=1S/C11H12F11NO2/c1-23(4-2-3-5-24)6(25)7(12,13)8(14,15)9(16,17)10(18,19)11(20,21)22/h24H,2-5H2,1H3. The predicted molar refractivity (Wildman–Crippen MR) is 59.8 cm³/mol. The van der Waals surface area contributed by atoms with Crippen LogP contribution in [0.4, 0.5) is 48.3 Å². The second-order valence-electron chi connectivity index (χ2n) is 4.95. The molecule has 0 saturated heterocycles. The van der Waals surface area contributed by atoms with Gasteiger partial charge < -0.3 is 10.0 Å². The number of halogens is 11. The number of aliphatic hydroxyl groups excluding tert-OH is 1. The molecule has 0 aliphatic heterocycles. The molecule has 0 atom stereocenters. The highest BCUT2D eigenvalue weighted by molar-refractivity contribution is 5.84. The Hall–Kier alpha value is -1.34. The fourth-order valence-electron chi connectivity index (χ4n) is 1.51. The van der Waals surface area contributed by atoms with E-state index in [1.54, 1.807) is 0 Å². The first-order valence-corrected chi connectivity index (χ1v) is 6.34. The Balaban J connectivity index is 5.76. The number of aliphatic hydroxyl groups is 1. The van der Waals surface area contributed by atoms with E-state index in [9.17, 15) is 53.1 Å². The molecule has 0 unspecified atom stereocenters. The summed E-state index contributed by atoms with van der Waals surface area (Å²) in [4.78, 5) is 11.0. The molecule has 0 aliphatic carbocycles. The maximum atomic E-state index is 13.4. The van der Waals surface area contributed by atoms with E-state index in [-0.39, 0.29) is 17.7 Å². The van der Waals surface area contributed by atoms with Gasteiger partial charge in [0, 0.05) is 20.2 Å². The summed E-state index contributed by atoms with van der Waals surface area (Å²) in [5.41, 5.74) is 0. The van der Waals surface area contributed by atoms with Crippen molar-refractivity contribution in [3.8, 4) is 0 Å². The summed E-state index contributed by atoms with van der Waals surface area (Å²) >= 11 is 0. The fraction of sp³-hybridized carbons (Fsp3) is 0.909. The fourth-order valence-corrected chi connectivity index (χ4v) is 1.51.